The quantitative estimate of drug-likeness (QED) is 0.293. The summed E-state index contributed by atoms with van der Waals surface area (Å²) in [7, 11) is 0. The number of rotatable bonds is 1. The molecule has 1 aliphatic heterocycles. The molecule has 43 valence electrons. The lowest BCUT2D eigenvalue weighted by Crippen LogP contribution is -2.02. The highest BCUT2D eigenvalue weighted by atomic mass is 32.2. The Morgan fingerprint density at radius 3 is 3.00 bits per heavy atom. The maximum Gasteiger partial charge on any atom is 0.270 e. The normalized spacial score (nSPS) is 18.2. The minimum Gasteiger partial charge on any atom is -0.259 e. The molecule has 5 heteroatoms. The van der Waals surface area contributed by atoms with Crippen LogP contribution in [0.1, 0.15) is 0 Å². The molecule has 0 N–H and O–H groups in total. The van der Waals surface area contributed by atoms with Crippen LogP contribution in [0.15, 0.2) is 11.1 Å². The Labute approximate surface area is 50.2 Å². The van der Waals surface area contributed by atoms with Gasteiger partial charge in [-0.05, 0) is 11.9 Å². The first-order valence-electron chi connectivity index (χ1n) is 1.97. The predicted octanol–water partition coefficient (Wildman–Crippen LogP) is 0.371. The molecule has 1 heterocycles. The fraction of sp³-hybridized carbons (Fsp3) is 0.333. The van der Waals surface area contributed by atoms with Crippen LogP contribution in [-0.4, -0.2) is 11.5 Å². The monoisotopic (exact) mass is 131 g/mol. The Bertz CT molecular complexity index is 144. The van der Waals surface area contributed by atoms with Gasteiger partial charge in [0.05, 0.1) is 10.3 Å². The Balaban J connectivity index is 2.57. The van der Waals surface area contributed by atoms with E-state index >= 15 is 0 Å². The molecular formula is C3H3N2O2S. The number of nitro groups is 1. The third-order valence-electron chi connectivity index (χ3n) is 0.724. The van der Waals surface area contributed by atoms with Gasteiger partial charge in [0.15, 0.2) is 0 Å². The fourth-order valence-electron chi connectivity index (χ4n) is 0.340. The minimum absolute atomic E-state index is 0.190. The van der Waals surface area contributed by atoms with Crippen molar-refractivity contribution in [1.29, 1.82) is 0 Å². The molecule has 0 unspecified atom stereocenters. The van der Waals surface area contributed by atoms with Crippen LogP contribution in [0.5, 0.6) is 0 Å². The summed E-state index contributed by atoms with van der Waals surface area (Å²) in [6, 6.07) is 0. The van der Waals surface area contributed by atoms with Gasteiger partial charge < -0.3 is 0 Å². The topological polar surface area (TPSA) is 57.2 Å². The Hall–Kier alpha value is -0.550. The standard InChI is InChI=1S/C3H3N2O2S/c6-5(7)3-1-4-8-2-3/h2H,1H2. The van der Waals surface area contributed by atoms with Gasteiger partial charge in [0, 0.05) is 0 Å². The predicted molar refractivity (Wildman–Crippen MR) is 29.7 cm³/mol. The average Bonchev–Trinajstić information content (AvgIpc) is 2.12. The van der Waals surface area contributed by atoms with E-state index in [4.69, 9.17) is 0 Å². The molecule has 1 radical (unpaired) electrons. The smallest absolute Gasteiger partial charge is 0.259 e. The van der Waals surface area contributed by atoms with E-state index in [1.165, 1.54) is 5.41 Å². The van der Waals surface area contributed by atoms with Crippen molar-refractivity contribution in [2.24, 2.45) is 0 Å². The molecule has 4 nitrogen and oxygen atoms in total. The molecule has 0 aromatic carbocycles. The summed E-state index contributed by atoms with van der Waals surface area (Å²) in [5.74, 6) is 0. The highest BCUT2D eigenvalue weighted by Gasteiger charge is 2.15. The molecule has 0 fully saturated rings. The molecule has 0 aromatic rings. The molecule has 0 aromatic heterocycles. The van der Waals surface area contributed by atoms with Crippen LogP contribution in [0.25, 0.3) is 0 Å². The molecule has 0 spiro atoms. The summed E-state index contributed by atoms with van der Waals surface area (Å²) in [5.41, 5.74) is 0.190. The van der Waals surface area contributed by atoms with E-state index in [0.717, 1.165) is 11.9 Å². The van der Waals surface area contributed by atoms with E-state index < -0.39 is 4.92 Å². The molecule has 0 atom stereocenters. The summed E-state index contributed by atoms with van der Waals surface area (Å²) >= 11 is 1.13. The minimum atomic E-state index is -0.413. The van der Waals surface area contributed by atoms with Crippen LogP contribution >= 0.6 is 11.9 Å². The van der Waals surface area contributed by atoms with Gasteiger partial charge in [-0.15, -0.1) is 0 Å². The molecule has 0 saturated carbocycles. The second-order valence-corrected chi connectivity index (χ2v) is 1.96. The summed E-state index contributed by atoms with van der Waals surface area (Å²) < 4.78 is 3.67. The van der Waals surface area contributed by atoms with E-state index in [2.05, 4.69) is 4.72 Å². The van der Waals surface area contributed by atoms with Gasteiger partial charge in [0.25, 0.3) is 5.70 Å². The third kappa shape index (κ3) is 0.988. The van der Waals surface area contributed by atoms with Crippen LogP contribution in [0.4, 0.5) is 0 Å². The summed E-state index contributed by atoms with van der Waals surface area (Å²) in [5, 5.41) is 11.3. The molecule has 1 rings (SSSR count). The maximum atomic E-state index is 9.87. The van der Waals surface area contributed by atoms with Gasteiger partial charge in [-0.3, -0.25) is 10.1 Å². The fourth-order valence-corrected chi connectivity index (χ4v) is 0.903. The molecule has 0 bridgehead atoms. The van der Waals surface area contributed by atoms with Crippen LogP contribution in [-0.2, 0) is 0 Å². The van der Waals surface area contributed by atoms with E-state index in [9.17, 15) is 10.1 Å². The van der Waals surface area contributed by atoms with Crippen LogP contribution in [0.2, 0.25) is 0 Å². The highest BCUT2D eigenvalue weighted by Crippen LogP contribution is 2.12. The Kier molecular flexibility index (Phi) is 1.50. The van der Waals surface area contributed by atoms with Crippen molar-refractivity contribution in [2.45, 2.75) is 0 Å². The van der Waals surface area contributed by atoms with Gasteiger partial charge in [0.1, 0.15) is 6.54 Å². The third-order valence-corrected chi connectivity index (χ3v) is 1.38. The summed E-state index contributed by atoms with van der Waals surface area (Å²) in [6.07, 6.45) is 0. The average molecular weight is 131 g/mol. The van der Waals surface area contributed by atoms with E-state index in [1.54, 1.807) is 0 Å². The zero-order chi connectivity index (χ0) is 5.98. The van der Waals surface area contributed by atoms with E-state index in [-0.39, 0.29) is 12.2 Å². The first kappa shape index (κ1) is 5.58. The SMILES string of the molecule is O=[N+]([O-])C1=CS[N]C1. The van der Waals surface area contributed by atoms with Crippen LogP contribution in [0, 0.1) is 10.1 Å². The van der Waals surface area contributed by atoms with Gasteiger partial charge >= 0.3 is 0 Å². The van der Waals surface area contributed by atoms with Crippen molar-refractivity contribution in [1.82, 2.24) is 4.72 Å². The maximum absolute atomic E-state index is 9.87. The Morgan fingerprint density at radius 2 is 2.75 bits per heavy atom. The van der Waals surface area contributed by atoms with Gasteiger partial charge in [-0.1, -0.05) is 0 Å². The first-order valence-corrected chi connectivity index (χ1v) is 2.80. The largest absolute Gasteiger partial charge is 0.270 e. The molecule has 0 saturated heterocycles. The van der Waals surface area contributed by atoms with Crippen molar-refractivity contribution in [2.75, 3.05) is 6.54 Å². The van der Waals surface area contributed by atoms with Crippen molar-refractivity contribution < 1.29 is 4.92 Å². The zero-order valence-electron chi connectivity index (χ0n) is 3.90. The lowest BCUT2D eigenvalue weighted by Gasteiger charge is -1.83. The summed E-state index contributed by atoms with van der Waals surface area (Å²) in [6.45, 7) is 0.248. The molecule has 0 aliphatic carbocycles. The van der Waals surface area contributed by atoms with Crippen molar-refractivity contribution >= 4 is 11.9 Å². The van der Waals surface area contributed by atoms with Crippen molar-refractivity contribution in [3.8, 4) is 0 Å². The van der Waals surface area contributed by atoms with Gasteiger partial charge in [0.2, 0.25) is 0 Å². The number of nitrogens with zero attached hydrogens (tertiary/aromatic N) is 2. The molecule has 8 heavy (non-hydrogen) atoms. The van der Waals surface area contributed by atoms with E-state index in [0.29, 0.717) is 0 Å². The van der Waals surface area contributed by atoms with Gasteiger partial charge in [-0.25, -0.2) is 0 Å². The highest BCUT2D eigenvalue weighted by molar-refractivity contribution is 8.00. The first-order chi connectivity index (χ1) is 3.80. The second kappa shape index (κ2) is 2.15. The lowest BCUT2D eigenvalue weighted by atomic mass is 10.5. The second-order valence-electron chi connectivity index (χ2n) is 1.26. The van der Waals surface area contributed by atoms with Gasteiger partial charge in [-0.2, -0.15) is 4.72 Å². The number of hydrogen-bond donors (Lipinski definition) is 0. The number of hydrogen-bond acceptors (Lipinski definition) is 3. The zero-order valence-corrected chi connectivity index (χ0v) is 4.72. The lowest BCUT2D eigenvalue weighted by molar-refractivity contribution is -0.424. The van der Waals surface area contributed by atoms with Crippen molar-refractivity contribution in [3.05, 3.63) is 21.2 Å². The van der Waals surface area contributed by atoms with Crippen LogP contribution < -0.4 is 4.72 Å². The van der Waals surface area contributed by atoms with Crippen molar-refractivity contribution in [3.63, 3.8) is 0 Å². The molecule has 1 aliphatic rings. The molecular weight excluding hydrogens is 128 g/mol. The molecule has 0 amide bonds. The Morgan fingerprint density at radius 1 is 2.00 bits per heavy atom. The van der Waals surface area contributed by atoms with E-state index in [1.807, 2.05) is 0 Å². The van der Waals surface area contributed by atoms with Crippen LogP contribution in [0.3, 0.4) is 0 Å². The summed E-state index contributed by atoms with van der Waals surface area (Å²) in [4.78, 5) is 9.45.